The van der Waals surface area contributed by atoms with Gasteiger partial charge in [0, 0.05) is 19.9 Å². The third-order valence-electron chi connectivity index (χ3n) is 8.59. The van der Waals surface area contributed by atoms with Gasteiger partial charge in [0.2, 0.25) is 5.91 Å². The lowest BCUT2D eigenvalue weighted by Gasteiger charge is -2.50. The molecule has 3 aromatic carbocycles. The van der Waals surface area contributed by atoms with Gasteiger partial charge in [-0.1, -0.05) is 134 Å². The number of benzene rings is 3. The number of aromatic nitrogens is 4. The van der Waals surface area contributed by atoms with Gasteiger partial charge < -0.3 is 14.2 Å². The maximum Gasteiger partial charge on any atom is 0.508 e. The topological polar surface area (TPSA) is 143 Å². The maximum atomic E-state index is 14.7. The summed E-state index contributed by atoms with van der Waals surface area (Å²) in [6.45, 7) is 6.07. The van der Waals surface area contributed by atoms with Crippen molar-refractivity contribution in [3.63, 3.8) is 0 Å². The highest BCUT2D eigenvalue weighted by molar-refractivity contribution is 8.14. The number of nitrogens with zero attached hydrogens (tertiary/aromatic N) is 5. The van der Waals surface area contributed by atoms with Crippen molar-refractivity contribution in [1.29, 1.82) is 0 Å². The van der Waals surface area contributed by atoms with E-state index in [-0.39, 0.29) is 30.2 Å². The molecule has 1 aliphatic rings. The molecule has 1 amide bonds. The lowest BCUT2D eigenvalue weighted by Crippen LogP contribution is -2.67. The Morgan fingerprint density at radius 1 is 0.849 bits per heavy atom. The summed E-state index contributed by atoms with van der Waals surface area (Å²) < 4.78 is 18.0. The van der Waals surface area contributed by atoms with E-state index in [1.54, 1.807) is 11.6 Å². The molecule has 0 bridgehead atoms. The number of esters is 1. The third-order valence-corrected chi connectivity index (χ3v) is 14.1. The summed E-state index contributed by atoms with van der Waals surface area (Å²) in [5.41, 5.74) is 0.109. The first-order valence-electron chi connectivity index (χ1n) is 17.2. The van der Waals surface area contributed by atoms with Crippen molar-refractivity contribution in [2.45, 2.75) is 50.6 Å². The van der Waals surface area contributed by atoms with Gasteiger partial charge in [-0.05, 0) is 46.1 Å². The molecular weight excluding hydrogens is 713 g/mol. The molecule has 276 valence electrons. The highest BCUT2D eigenvalue weighted by atomic mass is 32.2. The Balaban J connectivity index is 1.64. The molecule has 0 aliphatic carbocycles. The standard InChI is InChI=1S/C39H42N5O7PS/c1-4-26-49-38(47)36(52(30-18-10-6-11-19-30,31-20-12-7-13-21-31)32-22-14-8-15-23-32)44-35(46)34(29(3)51-39(48)50-27-5-2)37(44)53-33(45)24-16-9-17-25-43-28-40-41-42-43/h4-8,10-15,18-23,28-29,34,37H,1-2,9,16-17,24-27H2,3H3/t29-,34+,37-/m1/s1. The summed E-state index contributed by atoms with van der Waals surface area (Å²) in [4.78, 5) is 57.1. The first-order chi connectivity index (χ1) is 25.8. The van der Waals surface area contributed by atoms with Crippen molar-refractivity contribution in [3.8, 4) is 0 Å². The van der Waals surface area contributed by atoms with Crippen LogP contribution in [-0.2, 0) is 35.1 Å². The fourth-order valence-corrected chi connectivity index (χ4v) is 12.0. The maximum absolute atomic E-state index is 14.7. The van der Waals surface area contributed by atoms with Crippen LogP contribution in [0, 0.1) is 5.92 Å². The summed E-state index contributed by atoms with van der Waals surface area (Å²) >= 11 is 0.956. The predicted octanol–water partition coefficient (Wildman–Crippen LogP) is 4.86. The molecule has 12 nitrogen and oxygen atoms in total. The second kappa shape index (κ2) is 19.0. The van der Waals surface area contributed by atoms with E-state index in [1.165, 1.54) is 23.4 Å². The highest BCUT2D eigenvalue weighted by Gasteiger charge is 2.57. The van der Waals surface area contributed by atoms with Gasteiger partial charge in [-0.2, -0.15) is 0 Å². The third kappa shape index (κ3) is 9.04. The number of hydrogen-bond acceptors (Lipinski definition) is 11. The number of amides is 1. The van der Waals surface area contributed by atoms with Gasteiger partial charge in [0.25, 0.3) is 0 Å². The first kappa shape index (κ1) is 39.0. The van der Waals surface area contributed by atoms with Crippen LogP contribution in [-0.4, -0.2) is 78.4 Å². The first-order valence-corrected chi connectivity index (χ1v) is 19.9. The minimum Gasteiger partial charge on any atom is -0.457 e. The van der Waals surface area contributed by atoms with Crippen LogP contribution in [0.2, 0.25) is 0 Å². The molecule has 53 heavy (non-hydrogen) atoms. The Morgan fingerprint density at radius 2 is 1.42 bits per heavy atom. The van der Waals surface area contributed by atoms with Crippen LogP contribution in [0.15, 0.2) is 123 Å². The summed E-state index contributed by atoms with van der Waals surface area (Å²) in [6.07, 6.45) is 4.74. The number of thioether (sulfide) groups is 1. The second-order valence-corrected chi connectivity index (χ2v) is 16.5. The molecule has 4 aromatic rings. The molecule has 2 heterocycles. The van der Waals surface area contributed by atoms with Crippen molar-refractivity contribution in [2.24, 2.45) is 5.92 Å². The summed E-state index contributed by atoms with van der Waals surface area (Å²) in [7, 11) is 0. The molecule has 0 unspecified atom stereocenters. The zero-order valence-electron chi connectivity index (χ0n) is 29.4. The SMILES string of the molecule is C=CCOC(=O)O[C@H](C)[C@H]1C(=O)N(C(C(=O)OCC=C)=P(c2ccccc2)(c2ccccc2)c2ccccc2)[C@@H]1SC(=O)CCCCCn1cnnn1. The minimum atomic E-state index is -3.23. The van der Waals surface area contributed by atoms with Crippen LogP contribution in [0.5, 0.6) is 0 Å². The lowest BCUT2D eigenvalue weighted by molar-refractivity contribution is -0.152. The quantitative estimate of drug-likeness (QED) is 0.0452. The van der Waals surface area contributed by atoms with E-state index in [4.69, 9.17) is 14.2 Å². The number of carbonyl (C=O) groups excluding carboxylic acids is 4. The van der Waals surface area contributed by atoms with E-state index in [0.717, 1.165) is 40.5 Å². The molecule has 14 heteroatoms. The van der Waals surface area contributed by atoms with E-state index >= 15 is 0 Å². The molecule has 1 saturated heterocycles. The number of likely N-dealkylation sites (tertiary alicyclic amines) is 1. The second-order valence-electron chi connectivity index (χ2n) is 12.1. The average molecular weight is 756 g/mol. The van der Waals surface area contributed by atoms with Crippen LogP contribution in [0.4, 0.5) is 4.79 Å². The Bertz CT molecular complexity index is 1820. The fraction of sp³-hybridized carbons (Fsp3) is 0.282. The van der Waals surface area contributed by atoms with Crippen LogP contribution >= 0.6 is 18.6 Å². The zero-order chi connectivity index (χ0) is 37.6. The number of ether oxygens (including phenoxy) is 3. The number of aryl methyl sites for hydroxylation is 1. The van der Waals surface area contributed by atoms with Crippen molar-refractivity contribution in [3.05, 3.63) is 123 Å². The lowest BCUT2D eigenvalue weighted by atomic mass is 9.92. The minimum absolute atomic E-state index is 0.0777. The van der Waals surface area contributed by atoms with Crippen LogP contribution in [0.25, 0.3) is 0 Å². The zero-order valence-corrected chi connectivity index (χ0v) is 31.1. The van der Waals surface area contributed by atoms with Gasteiger partial charge in [-0.25, -0.2) is 14.3 Å². The number of tetrazole rings is 1. The molecule has 1 fully saturated rings. The van der Waals surface area contributed by atoms with E-state index in [9.17, 15) is 19.2 Å². The van der Waals surface area contributed by atoms with Gasteiger partial charge in [0.05, 0.1) is 0 Å². The molecule has 0 radical (unpaired) electrons. The highest BCUT2D eigenvalue weighted by Crippen LogP contribution is 2.51. The van der Waals surface area contributed by atoms with Gasteiger partial charge in [0.1, 0.15) is 42.4 Å². The summed E-state index contributed by atoms with van der Waals surface area (Å²) in [5, 5.41) is 12.5. The van der Waals surface area contributed by atoms with Gasteiger partial charge in [-0.3, -0.25) is 14.5 Å². The molecule has 1 aromatic heterocycles. The Hall–Kier alpha value is -5.26. The van der Waals surface area contributed by atoms with Crippen molar-refractivity contribution in [1.82, 2.24) is 25.1 Å². The Kier molecular flexibility index (Phi) is 14.0. The van der Waals surface area contributed by atoms with Crippen molar-refractivity contribution in [2.75, 3.05) is 13.2 Å². The fourth-order valence-electron chi connectivity index (χ4n) is 6.22. The van der Waals surface area contributed by atoms with E-state index in [0.29, 0.717) is 13.0 Å². The molecule has 1 aliphatic heterocycles. The predicted molar refractivity (Wildman–Crippen MR) is 206 cm³/mol. The number of β-lactam (4-membered cyclic amide) rings is 1. The molecule has 0 saturated carbocycles. The average Bonchev–Trinajstić information content (AvgIpc) is 3.70. The van der Waals surface area contributed by atoms with Gasteiger partial charge >= 0.3 is 12.1 Å². The number of rotatable bonds is 18. The number of unbranched alkanes of at least 4 members (excludes halogenated alkanes) is 2. The van der Waals surface area contributed by atoms with Crippen LogP contribution in [0.1, 0.15) is 32.6 Å². The van der Waals surface area contributed by atoms with Gasteiger partial charge in [-0.15, -0.1) is 5.10 Å². The molecule has 5 rings (SSSR count). The molecule has 0 spiro atoms. The molecule has 3 atom stereocenters. The van der Waals surface area contributed by atoms with E-state index in [2.05, 4.69) is 28.7 Å². The largest absolute Gasteiger partial charge is 0.508 e. The van der Waals surface area contributed by atoms with Crippen molar-refractivity contribution >= 4 is 63.1 Å². The Morgan fingerprint density at radius 3 is 1.94 bits per heavy atom. The van der Waals surface area contributed by atoms with Gasteiger partial charge in [0.15, 0.2) is 5.12 Å². The van der Waals surface area contributed by atoms with Crippen LogP contribution < -0.4 is 15.9 Å². The smallest absolute Gasteiger partial charge is 0.457 e. The van der Waals surface area contributed by atoms with E-state index in [1.807, 2.05) is 91.0 Å². The normalized spacial score (nSPS) is 15.8. The summed E-state index contributed by atoms with van der Waals surface area (Å²) in [6, 6.07) is 28.7. The molecular formula is C39H42N5O7PS. The summed E-state index contributed by atoms with van der Waals surface area (Å²) in [5.74, 6) is -2.19. The monoisotopic (exact) mass is 755 g/mol. The van der Waals surface area contributed by atoms with Crippen molar-refractivity contribution < 1.29 is 33.4 Å². The number of carbonyl (C=O) groups is 4. The Labute approximate surface area is 313 Å². The number of hydrogen-bond donors (Lipinski definition) is 0. The van der Waals surface area contributed by atoms with E-state index < -0.39 is 42.3 Å². The molecule has 0 N–H and O–H groups in total. The van der Waals surface area contributed by atoms with Crippen LogP contribution in [0.3, 0.4) is 0 Å².